The molecule has 0 fully saturated rings. The zero-order valence-electron chi connectivity index (χ0n) is 16.3. The van der Waals surface area contributed by atoms with Crippen LogP contribution in [-0.2, 0) is 11.8 Å². The topological polar surface area (TPSA) is 43.6 Å². The first-order valence-electron chi connectivity index (χ1n) is 9.03. The maximum atomic E-state index is 11.9. The third kappa shape index (κ3) is 3.28. The minimum Gasteiger partial charge on any atom is -0.491 e. The first-order chi connectivity index (χ1) is 12.3. The van der Waals surface area contributed by atoms with Gasteiger partial charge in [-0.25, -0.2) is 4.98 Å². The number of thiazole rings is 1. The molecule has 0 amide bonds. The molecule has 0 atom stereocenters. The molecule has 5 heteroatoms. The molecule has 26 heavy (non-hydrogen) atoms. The molecule has 0 bridgehead atoms. The maximum absolute atomic E-state index is 11.9. The third-order valence-corrected chi connectivity index (χ3v) is 5.41. The summed E-state index contributed by atoms with van der Waals surface area (Å²) in [5.74, 6) is 0.852. The smallest absolute Gasteiger partial charge is 0.195 e. The van der Waals surface area contributed by atoms with Gasteiger partial charge in [-0.15, -0.1) is 11.3 Å². The van der Waals surface area contributed by atoms with E-state index in [1.54, 1.807) is 11.3 Å². The zero-order valence-corrected chi connectivity index (χ0v) is 17.1. The molecule has 0 unspecified atom stereocenters. The van der Waals surface area contributed by atoms with E-state index in [0.717, 1.165) is 40.4 Å². The van der Waals surface area contributed by atoms with Crippen molar-refractivity contribution in [3.8, 4) is 17.0 Å². The molecular formula is C21H26N2O2S. The summed E-state index contributed by atoms with van der Waals surface area (Å²) in [7, 11) is 0. The second-order valence-electron chi connectivity index (χ2n) is 7.75. The molecule has 0 aliphatic heterocycles. The van der Waals surface area contributed by atoms with Crippen LogP contribution in [0.2, 0.25) is 0 Å². The molecule has 138 valence electrons. The van der Waals surface area contributed by atoms with Gasteiger partial charge in [0.15, 0.2) is 11.2 Å². The number of imidazole rings is 1. The predicted molar refractivity (Wildman–Crippen MR) is 108 cm³/mol. The summed E-state index contributed by atoms with van der Waals surface area (Å²) in [5.41, 5.74) is 3.46. The molecular weight excluding hydrogens is 344 g/mol. The van der Waals surface area contributed by atoms with Crippen molar-refractivity contribution in [2.24, 2.45) is 0 Å². The number of aldehydes is 1. The van der Waals surface area contributed by atoms with Crippen LogP contribution in [0.5, 0.6) is 5.75 Å². The first-order valence-corrected chi connectivity index (χ1v) is 9.84. The molecule has 2 aromatic heterocycles. The molecule has 4 nitrogen and oxygen atoms in total. The lowest BCUT2D eigenvalue weighted by Crippen LogP contribution is -2.15. The van der Waals surface area contributed by atoms with Gasteiger partial charge in [-0.1, -0.05) is 27.7 Å². The Morgan fingerprint density at radius 2 is 1.88 bits per heavy atom. The van der Waals surface area contributed by atoms with Gasteiger partial charge in [-0.3, -0.25) is 9.20 Å². The van der Waals surface area contributed by atoms with E-state index in [9.17, 15) is 4.79 Å². The number of nitrogens with zero attached hydrogens (tertiary/aromatic N) is 2. The van der Waals surface area contributed by atoms with Gasteiger partial charge in [-0.05, 0) is 50.1 Å². The molecule has 0 radical (unpaired) electrons. The Bertz CT molecular complexity index is 928. The van der Waals surface area contributed by atoms with Crippen LogP contribution in [0.3, 0.4) is 0 Å². The fraction of sp³-hybridized carbons (Fsp3) is 0.429. The van der Waals surface area contributed by atoms with Crippen molar-refractivity contribution in [3.05, 3.63) is 40.5 Å². The van der Waals surface area contributed by atoms with Crippen molar-refractivity contribution in [2.45, 2.75) is 59.5 Å². The van der Waals surface area contributed by atoms with Crippen LogP contribution in [0.4, 0.5) is 0 Å². The van der Waals surface area contributed by atoms with E-state index < -0.39 is 0 Å². The summed E-state index contributed by atoms with van der Waals surface area (Å²) in [4.78, 5) is 18.8. The Hall–Kier alpha value is -2.14. The Labute approximate surface area is 158 Å². The normalized spacial score (nSPS) is 12.1. The van der Waals surface area contributed by atoms with Crippen LogP contribution >= 0.6 is 11.3 Å². The molecule has 0 aliphatic rings. The van der Waals surface area contributed by atoms with Crippen LogP contribution in [0.15, 0.2) is 24.3 Å². The fourth-order valence-corrected chi connectivity index (χ4v) is 4.22. The van der Waals surface area contributed by atoms with Gasteiger partial charge < -0.3 is 4.74 Å². The number of carbonyl (C=O) groups is 1. The largest absolute Gasteiger partial charge is 0.491 e. The van der Waals surface area contributed by atoms with Crippen molar-refractivity contribution in [1.82, 2.24) is 9.38 Å². The Kier molecular flexibility index (Phi) is 4.93. The van der Waals surface area contributed by atoms with E-state index in [2.05, 4.69) is 39.8 Å². The highest BCUT2D eigenvalue weighted by Gasteiger charge is 2.27. The van der Waals surface area contributed by atoms with Gasteiger partial charge in [0, 0.05) is 10.3 Å². The quantitative estimate of drug-likeness (QED) is 0.555. The lowest BCUT2D eigenvalue weighted by atomic mass is 9.91. The highest BCUT2D eigenvalue weighted by Crippen LogP contribution is 2.37. The van der Waals surface area contributed by atoms with Gasteiger partial charge in [-0.2, -0.15) is 0 Å². The summed E-state index contributed by atoms with van der Waals surface area (Å²) in [6, 6.07) is 8.09. The lowest BCUT2D eigenvalue weighted by molar-refractivity contribution is 0.111. The number of rotatable bonds is 5. The highest BCUT2D eigenvalue weighted by molar-refractivity contribution is 7.17. The van der Waals surface area contributed by atoms with Crippen molar-refractivity contribution in [3.63, 3.8) is 0 Å². The lowest BCUT2D eigenvalue weighted by Gasteiger charge is -2.16. The van der Waals surface area contributed by atoms with E-state index in [1.165, 1.54) is 4.88 Å². The highest BCUT2D eigenvalue weighted by atomic mass is 32.1. The van der Waals surface area contributed by atoms with Crippen molar-refractivity contribution in [2.75, 3.05) is 0 Å². The number of aryl methyl sites for hydroxylation is 1. The number of aromatic nitrogens is 2. The second kappa shape index (κ2) is 6.88. The van der Waals surface area contributed by atoms with Crippen LogP contribution in [-0.4, -0.2) is 21.8 Å². The Morgan fingerprint density at radius 1 is 1.23 bits per heavy atom. The predicted octanol–water partition coefficient (Wildman–Crippen LogP) is 5.52. The van der Waals surface area contributed by atoms with E-state index in [4.69, 9.17) is 9.72 Å². The SMILES string of the molecule is CCc1sc2nc(C(C)(C)C)c(C=O)n2c1-c1ccc(OC(C)C)cc1. The van der Waals surface area contributed by atoms with Crippen LogP contribution in [0.25, 0.3) is 16.2 Å². The molecule has 3 rings (SSSR count). The van der Waals surface area contributed by atoms with Crippen molar-refractivity contribution < 1.29 is 9.53 Å². The summed E-state index contributed by atoms with van der Waals surface area (Å²) in [6.07, 6.45) is 1.98. The van der Waals surface area contributed by atoms with E-state index in [-0.39, 0.29) is 11.5 Å². The number of benzene rings is 1. The van der Waals surface area contributed by atoms with Crippen molar-refractivity contribution >= 4 is 22.6 Å². The fourth-order valence-electron chi connectivity index (χ4n) is 3.13. The molecule has 1 aromatic carbocycles. The average Bonchev–Trinajstić information content (AvgIpc) is 3.10. The number of hydrogen-bond donors (Lipinski definition) is 0. The molecule has 0 N–H and O–H groups in total. The Morgan fingerprint density at radius 3 is 2.38 bits per heavy atom. The molecule has 0 aliphatic carbocycles. The number of ether oxygens (including phenoxy) is 1. The minimum atomic E-state index is -0.180. The van der Waals surface area contributed by atoms with Gasteiger partial charge in [0.25, 0.3) is 0 Å². The molecule has 2 heterocycles. The Balaban J connectivity index is 2.20. The summed E-state index contributed by atoms with van der Waals surface area (Å²) < 4.78 is 7.77. The summed E-state index contributed by atoms with van der Waals surface area (Å²) >= 11 is 1.66. The van der Waals surface area contributed by atoms with Crippen molar-refractivity contribution in [1.29, 1.82) is 0 Å². The van der Waals surface area contributed by atoms with E-state index in [0.29, 0.717) is 5.69 Å². The van der Waals surface area contributed by atoms with Gasteiger partial charge in [0.2, 0.25) is 0 Å². The molecule has 0 spiro atoms. The average molecular weight is 371 g/mol. The molecule has 3 aromatic rings. The van der Waals surface area contributed by atoms with Crippen LogP contribution in [0, 0.1) is 0 Å². The van der Waals surface area contributed by atoms with Gasteiger partial charge in [0.1, 0.15) is 11.4 Å². The second-order valence-corrected chi connectivity index (χ2v) is 8.81. The van der Waals surface area contributed by atoms with Gasteiger partial charge in [0.05, 0.1) is 17.5 Å². The van der Waals surface area contributed by atoms with E-state index >= 15 is 0 Å². The third-order valence-electron chi connectivity index (χ3n) is 4.23. The number of carbonyl (C=O) groups excluding carboxylic acids is 1. The van der Waals surface area contributed by atoms with Crippen LogP contribution < -0.4 is 4.74 Å². The standard InChI is InChI=1S/C21H26N2O2S/c1-7-17-18(14-8-10-15(11-9-14)25-13(2)3)23-16(12-24)19(21(4,5)6)22-20(23)26-17/h8-13H,7H2,1-6H3. The summed E-state index contributed by atoms with van der Waals surface area (Å²) in [5, 5.41) is 0. The number of fused-ring (bicyclic) bond motifs is 1. The molecule has 0 saturated heterocycles. The first kappa shape index (κ1) is 18.6. The minimum absolute atomic E-state index is 0.143. The zero-order chi connectivity index (χ0) is 19.1. The molecule has 0 saturated carbocycles. The number of hydrogen-bond acceptors (Lipinski definition) is 4. The maximum Gasteiger partial charge on any atom is 0.195 e. The van der Waals surface area contributed by atoms with E-state index in [1.807, 2.05) is 30.4 Å². The summed E-state index contributed by atoms with van der Waals surface area (Å²) in [6.45, 7) is 12.4. The monoisotopic (exact) mass is 370 g/mol. The van der Waals surface area contributed by atoms with Gasteiger partial charge >= 0.3 is 0 Å². The van der Waals surface area contributed by atoms with Crippen LogP contribution in [0.1, 0.15) is 62.6 Å².